The van der Waals surface area contributed by atoms with Crippen LogP contribution in [-0.4, -0.2) is 17.5 Å². The van der Waals surface area contributed by atoms with E-state index in [1.54, 1.807) is 0 Å². The normalized spacial score (nSPS) is 10.9. The number of anilines is 1. The van der Waals surface area contributed by atoms with Crippen molar-refractivity contribution >= 4 is 33.4 Å². The number of hydrogen-bond donors (Lipinski definition) is 1. The minimum atomic E-state index is 0.166. The minimum Gasteiger partial charge on any atom is -0.383 e. The van der Waals surface area contributed by atoms with Crippen LogP contribution in [0.1, 0.15) is 19.4 Å². The van der Waals surface area contributed by atoms with Crippen molar-refractivity contribution in [1.29, 1.82) is 5.26 Å². The molecule has 0 aromatic heterocycles. The van der Waals surface area contributed by atoms with Crippen LogP contribution in [-0.2, 0) is 0 Å². The lowest BCUT2D eigenvalue weighted by atomic mass is 10.1. The Morgan fingerprint density at radius 1 is 1.50 bits per heavy atom. The van der Waals surface area contributed by atoms with Gasteiger partial charge in [-0.1, -0.05) is 15.9 Å². The van der Waals surface area contributed by atoms with Crippen LogP contribution >= 0.6 is 27.7 Å². The lowest BCUT2D eigenvalue weighted by molar-refractivity contribution is 0.752. The van der Waals surface area contributed by atoms with Gasteiger partial charge in [-0.2, -0.15) is 17.0 Å². The quantitative estimate of drug-likeness (QED) is 0.916. The lowest BCUT2D eigenvalue weighted by Crippen LogP contribution is -2.26. The zero-order chi connectivity index (χ0) is 12.2. The first-order valence-corrected chi connectivity index (χ1v) is 6.99. The number of nitriles is 1. The average Bonchev–Trinajstić information content (AvgIpc) is 2.27. The summed E-state index contributed by atoms with van der Waals surface area (Å²) in [5.74, 6) is 0. The molecular formula is C12H15BrN2S. The summed E-state index contributed by atoms with van der Waals surface area (Å²) in [5.41, 5.74) is 1.57. The van der Waals surface area contributed by atoms with E-state index in [4.69, 9.17) is 5.26 Å². The second-order valence-corrected chi connectivity index (χ2v) is 6.55. The van der Waals surface area contributed by atoms with Crippen molar-refractivity contribution in [3.63, 3.8) is 0 Å². The second-order valence-electron chi connectivity index (χ2n) is 4.12. The third kappa shape index (κ3) is 3.73. The molecular weight excluding hydrogens is 284 g/mol. The Bertz CT molecular complexity index is 410. The van der Waals surface area contributed by atoms with Crippen LogP contribution < -0.4 is 5.32 Å². The molecule has 1 rings (SSSR count). The highest BCUT2D eigenvalue weighted by molar-refractivity contribution is 9.10. The Hall–Kier alpha value is -0.660. The fourth-order valence-electron chi connectivity index (χ4n) is 1.14. The Morgan fingerprint density at radius 3 is 2.75 bits per heavy atom. The number of nitrogens with one attached hydrogen (secondary N) is 1. The zero-order valence-corrected chi connectivity index (χ0v) is 12.1. The minimum absolute atomic E-state index is 0.166. The van der Waals surface area contributed by atoms with E-state index >= 15 is 0 Å². The number of rotatable bonds is 4. The van der Waals surface area contributed by atoms with E-state index in [0.29, 0.717) is 5.56 Å². The summed E-state index contributed by atoms with van der Waals surface area (Å²) >= 11 is 5.17. The summed E-state index contributed by atoms with van der Waals surface area (Å²) in [5, 5.41) is 12.3. The van der Waals surface area contributed by atoms with E-state index < -0.39 is 0 Å². The number of thioether (sulfide) groups is 1. The van der Waals surface area contributed by atoms with Crippen molar-refractivity contribution in [1.82, 2.24) is 0 Å². The summed E-state index contributed by atoms with van der Waals surface area (Å²) in [6.45, 7) is 5.19. The topological polar surface area (TPSA) is 35.8 Å². The Morgan fingerprint density at radius 2 is 2.19 bits per heavy atom. The van der Waals surface area contributed by atoms with Gasteiger partial charge in [-0.15, -0.1) is 0 Å². The largest absolute Gasteiger partial charge is 0.383 e. The van der Waals surface area contributed by atoms with Crippen molar-refractivity contribution in [3.05, 3.63) is 28.2 Å². The average molecular weight is 299 g/mol. The van der Waals surface area contributed by atoms with Gasteiger partial charge in [0.1, 0.15) is 6.07 Å². The van der Waals surface area contributed by atoms with Gasteiger partial charge in [-0.3, -0.25) is 0 Å². The Labute approximate surface area is 110 Å². The molecule has 16 heavy (non-hydrogen) atoms. The monoisotopic (exact) mass is 298 g/mol. The van der Waals surface area contributed by atoms with Gasteiger partial charge >= 0.3 is 0 Å². The molecule has 0 fully saturated rings. The number of halogens is 1. The van der Waals surface area contributed by atoms with E-state index in [1.807, 2.05) is 30.0 Å². The summed E-state index contributed by atoms with van der Waals surface area (Å²) < 4.78 is 1.10. The SMILES string of the molecule is CSC(C)(C)CNc1ccc(Br)cc1C#N. The van der Waals surface area contributed by atoms with Crippen LogP contribution in [0.2, 0.25) is 0 Å². The zero-order valence-electron chi connectivity index (χ0n) is 9.67. The summed E-state index contributed by atoms with van der Waals surface area (Å²) in [6.07, 6.45) is 2.09. The number of nitrogens with zero attached hydrogens (tertiary/aromatic N) is 1. The molecule has 0 saturated carbocycles. The van der Waals surface area contributed by atoms with Crippen LogP contribution in [0.3, 0.4) is 0 Å². The summed E-state index contributed by atoms with van der Waals surface area (Å²) in [4.78, 5) is 0. The molecule has 0 saturated heterocycles. The van der Waals surface area contributed by atoms with Gasteiger partial charge in [0, 0.05) is 15.8 Å². The van der Waals surface area contributed by atoms with Crippen LogP contribution in [0, 0.1) is 11.3 Å². The first kappa shape index (κ1) is 13.4. The van der Waals surface area contributed by atoms with E-state index in [1.165, 1.54) is 0 Å². The lowest BCUT2D eigenvalue weighted by Gasteiger charge is -2.23. The van der Waals surface area contributed by atoms with Crippen LogP contribution in [0.15, 0.2) is 22.7 Å². The Kier molecular flexibility index (Phi) is 4.69. The molecule has 0 aliphatic carbocycles. The van der Waals surface area contributed by atoms with Crippen molar-refractivity contribution in [2.24, 2.45) is 0 Å². The molecule has 0 aliphatic rings. The van der Waals surface area contributed by atoms with E-state index in [9.17, 15) is 0 Å². The molecule has 0 atom stereocenters. The molecule has 0 amide bonds. The van der Waals surface area contributed by atoms with E-state index in [-0.39, 0.29) is 4.75 Å². The Balaban J connectivity index is 2.79. The molecule has 0 aliphatic heterocycles. The first-order chi connectivity index (χ1) is 7.48. The fraction of sp³-hybridized carbons (Fsp3) is 0.417. The maximum atomic E-state index is 9.01. The molecule has 86 valence electrons. The molecule has 4 heteroatoms. The van der Waals surface area contributed by atoms with Crippen molar-refractivity contribution in [2.75, 3.05) is 18.1 Å². The highest BCUT2D eigenvalue weighted by Gasteiger charge is 2.16. The third-order valence-electron chi connectivity index (χ3n) is 2.36. The third-order valence-corrected chi connectivity index (χ3v) is 4.10. The van der Waals surface area contributed by atoms with E-state index in [0.717, 1.165) is 16.7 Å². The van der Waals surface area contributed by atoms with Gasteiger partial charge in [0.2, 0.25) is 0 Å². The van der Waals surface area contributed by atoms with Gasteiger partial charge < -0.3 is 5.32 Å². The predicted molar refractivity (Wildman–Crippen MR) is 74.9 cm³/mol. The van der Waals surface area contributed by atoms with Gasteiger partial charge in [0.05, 0.1) is 11.3 Å². The number of benzene rings is 1. The van der Waals surface area contributed by atoms with Gasteiger partial charge in [-0.25, -0.2) is 0 Å². The second kappa shape index (κ2) is 5.60. The van der Waals surface area contributed by atoms with Crippen molar-refractivity contribution < 1.29 is 0 Å². The molecule has 0 unspecified atom stereocenters. The molecule has 0 spiro atoms. The summed E-state index contributed by atoms with van der Waals surface area (Å²) in [7, 11) is 0. The first-order valence-electron chi connectivity index (χ1n) is 4.97. The predicted octanol–water partition coefficient (Wildman–Crippen LogP) is 3.87. The molecule has 0 bridgehead atoms. The molecule has 1 N–H and O–H groups in total. The maximum Gasteiger partial charge on any atom is 0.101 e. The smallest absolute Gasteiger partial charge is 0.101 e. The summed E-state index contributed by atoms with van der Waals surface area (Å²) in [6, 6.07) is 7.89. The highest BCUT2D eigenvalue weighted by Crippen LogP contribution is 2.24. The molecule has 0 radical (unpaired) electrons. The molecule has 1 aromatic rings. The molecule has 2 nitrogen and oxygen atoms in total. The van der Waals surface area contributed by atoms with Gasteiger partial charge in [0.15, 0.2) is 0 Å². The van der Waals surface area contributed by atoms with Gasteiger partial charge in [-0.05, 0) is 38.3 Å². The van der Waals surface area contributed by atoms with Crippen LogP contribution in [0.5, 0.6) is 0 Å². The number of hydrogen-bond acceptors (Lipinski definition) is 3. The van der Waals surface area contributed by atoms with Crippen LogP contribution in [0.25, 0.3) is 0 Å². The standard InChI is InChI=1S/C12H15BrN2S/c1-12(2,16-3)8-15-11-5-4-10(13)6-9(11)7-14/h4-6,15H,8H2,1-3H3. The highest BCUT2D eigenvalue weighted by atomic mass is 79.9. The molecule has 1 aromatic carbocycles. The van der Waals surface area contributed by atoms with Crippen molar-refractivity contribution in [3.8, 4) is 6.07 Å². The van der Waals surface area contributed by atoms with Gasteiger partial charge in [0.25, 0.3) is 0 Å². The molecule has 0 heterocycles. The van der Waals surface area contributed by atoms with E-state index in [2.05, 4.69) is 47.4 Å². The maximum absolute atomic E-state index is 9.01. The van der Waals surface area contributed by atoms with Crippen LogP contribution in [0.4, 0.5) is 5.69 Å². The fourth-order valence-corrected chi connectivity index (χ4v) is 1.72. The van der Waals surface area contributed by atoms with Crippen molar-refractivity contribution in [2.45, 2.75) is 18.6 Å².